The minimum absolute atomic E-state index is 0.0467. The second-order valence-corrected chi connectivity index (χ2v) is 21.0. The third-order valence-corrected chi connectivity index (χ3v) is 9.19. The van der Waals surface area contributed by atoms with Gasteiger partial charge in [0.15, 0.2) is 0 Å². The Morgan fingerprint density at radius 2 is 1.06 bits per heavy atom. The number of carbonyl (C=O) groups excluding carboxylic acids is 2. The Morgan fingerprint density at radius 1 is 0.824 bits per heavy atom. The zero-order chi connectivity index (χ0) is 14.1. The Kier molecular flexibility index (Phi) is 6.02. The van der Waals surface area contributed by atoms with Gasteiger partial charge in [-0.05, 0) is 0 Å². The van der Waals surface area contributed by atoms with Gasteiger partial charge in [-0.25, -0.2) is 0 Å². The van der Waals surface area contributed by atoms with Crippen LogP contribution in [-0.2, 0) is 9.59 Å². The molecule has 0 aromatic heterocycles. The van der Waals surface area contributed by atoms with Gasteiger partial charge in [0.25, 0.3) is 0 Å². The predicted octanol–water partition coefficient (Wildman–Crippen LogP) is 4.14. The first-order valence-corrected chi connectivity index (χ1v) is 14.7. The molecular formula is C12H22Cl2O2Te. The van der Waals surface area contributed by atoms with E-state index in [4.69, 9.17) is 17.9 Å². The van der Waals surface area contributed by atoms with Gasteiger partial charge < -0.3 is 0 Å². The van der Waals surface area contributed by atoms with E-state index in [0.29, 0.717) is 0 Å². The number of ketones is 2. The molecule has 0 N–H and O–H groups in total. The van der Waals surface area contributed by atoms with Crippen LogP contribution in [0.5, 0.6) is 0 Å². The number of Topliss-reactive ketones (excluding diaryl/α,β-unsaturated/α-hetero) is 2. The van der Waals surface area contributed by atoms with E-state index in [0.717, 1.165) is 0 Å². The van der Waals surface area contributed by atoms with Crippen molar-refractivity contribution < 1.29 is 9.59 Å². The van der Waals surface area contributed by atoms with Gasteiger partial charge in [-0.1, -0.05) is 0 Å². The van der Waals surface area contributed by atoms with Gasteiger partial charge in [-0.2, -0.15) is 0 Å². The summed E-state index contributed by atoms with van der Waals surface area (Å²) in [6.45, 7) is 11.0. The molecular weight excluding hydrogens is 375 g/mol. The normalized spacial score (nSPS) is 14.6. The van der Waals surface area contributed by atoms with Crippen LogP contribution in [0.15, 0.2) is 0 Å². The fourth-order valence-corrected chi connectivity index (χ4v) is 8.48. The average Bonchev–Trinajstić information content (AvgIpc) is 1.97. The van der Waals surface area contributed by atoms with Crippen LogP contribution in [0.3, 0.4) is 0 Å². The summed E-state index contributed by atoms with van der Waals surface area (Å²) in [5.41, 5.74) is -0.878. The van der Waals surface area contributed by atoms with E-state index in [9.17, 15) is 9.59 Å². The van der Waals surface area contributed by atoms with E-state index in [1.54, 1.807) is 0 Å². The Bertz CT molecular complexity index is 281. The second kappa shape index (κ2) is 5.78. The van der Waals surface area contributed by atoms with Gasteiger partial charge in [0.2, 0.25) is 0 Å². The molecule has 0 saturated carbocycles. The van der Waals surface area contributed by atoms with Crippen LogP contribution in [0.25, 0.3) is 0 Å². The van der Waals surface area contributed by atoms with Crippen molar-refractivity contribution in [3.05, 3.63) is 0 Å². The summed E-state index contributed by atoms with van der Waals surface area (Å²) >= 11 is -3.36. The summed E-state index contributed by atoms with van der Waals surface area (Å²) in [5, 5.41) is 0. The third kappa shape index (κ3) is 7.01. The van der Waals surface area contributed by atoms with Crippen molar-refractivity contribution in [1.82, 2.24) is 0 Å². The van der Waals surface area contributed by atoms with Crippen LogP contribution < -0.4 is 0 Å². The monoisotopic (exact) mass is 398 g/mol. The van der Waals surface area contributed by atoms with Gasteiger partial charge in [0, 0.05) is 0 Å². The number of rotatable bonds is 4. The molecule has 0 aliphatic heterocycles. The quantitative estimate of drug-likeness (QED) is 0.669. The molecule has 0 aromatic carbocycles. The summed E-state index contributed by atoms with van der Waals surface area (Å²) in [5.74, 6) is 0.0934. The molecule has 0 fully saturated rings. The van der Waals surface area contributed by atoms with Crippen LogP contribution in [0.2, 0.25) is 8.94 Å². The molecule has 0 rings (SSSR count). The van der Waals surface area contributed by atoms with E-state index in [-0.39, 0.29) is 20.5 Å². The zero-order valence-electron chi connectivity index (χ0n) is 11.4. The minimum atomic E-state index is -3.36. The Labute approximate surface area is 116 Å². The number of hydrogen-bond donors (Lipinski definition) is 0. The molecule has 0 unspecified atom stereocenters. The predicted molar refractivity (Wildman–Crippen MR) is 76.0 cm³/mol. The molecule has 5 heteroatoms. The van der Waals surface area contributed by atoms with Gasteiger partial charge in [0.05, 0.1) is 0 Å². The third-order valence-electron chi connectivity index (χ3n) is 2.36. The van der Waals surface area contributed by atoms with Crippen molar-refractivity contribution >= 4 is 45.4 Å². The van der Waals surface area contributed by atoms with Crippen molar-refractivity contribution in [3.63, 3.8) is 0 Å². The molecule has 0 aromatic rings. The summed E-state index contributed by atoms with van der Waals surface area (Å²) in [4.78, 5) is 23.8. The molecule has 17 heavy (non-hydrogen) atoms. The average molecular weight is 397 g/mol. The van der Waals surface area contributed by atoms with Crippen LogP contribution >= 0.6 is 17.9 Å². The van der Waals surface area contributed by atoms with Crippen LogP contribution in [0, 0.1) is 10.8 Å². The van der Waals surface area contributed by atoms with Crippen molar-refractivity contribution in [1.29, 1.82) is 0 Å². The van der Waals surface area contributed by atoms with E-state index in [1.165, 1.54) is 0 Å². The van der Waals surface area contributed by atoms with Crippen molar-refractivity contribution in [2.24, 2.45) is 10.8 Å². The Hall–Kier alpha value is 0.710. The number of carbonyl (C=O) groups is 2. The first-order valence-electron chi connectivity index (χ1n) is 5.50. The number of hydrogen-bond acceptors (Lipinski definition) is 2. The van der Waals surface area contributed by atoms with E-state index in [1.807, 2.05) is 41.5 Å². The van der Waals surface area contributed by atoms with Gasteiger partial charge >= 0.3 is 116 Å². The van der Waals surface area contributed by atoms with Crippen LogP contribution in [-0.4, -0.2) is 27.5 Å². The molecule has 0 saturated heterocycles. The van der Waals surface area contributed by atoms with Gasteiger partial charge in [-0.15, -0.1) is 0 Å². The standard InChI is InChI=1S/C12H22Cl2O2Te/c1-11(2,3)9(15)7-17(13,14)8-10(16)12(4,5)6/h7-8H2,1-6H3. The van der Waals surface area contributed by atoms with E-state index >= 15 is 0 Å². The second-order valence-electron chi connectivity index (χ2n) is 6.33. The molecule has 0 bridgehead atoms. The maximum absolute atomic E-state index is 11.9. The number of halogens is 2. The van der Waals surface area contributed by atoms with Crippen molar-refractivity contribution in [2.75, 3.05) is 0 Å². The SMILES string of the molecule is CC(C)(C)C(=O)C[Te](Cl)(Cl)CC(=O)C(C)(C)C. The van der Waals surface area contributed by atoms with Gasteiger partial charge in [-0.3, -0.25) is 0 Å². The molecule has 0 aliphatic rings. The van der Waals surface area contributed by atoms with Crippen molar-refractivity contribution in [2.45, 2.75) is 50.5 Å². The van der Waals surface area contributed by atoms with Gasteiger partial charge in [0.1, 0.15) is 0 Å². The summed E-state index contributed by atoms with van der Waals surface area (Å²) in [7, 11) is 12.5. The zero-order valence-corrected chi connectivity index (χ0v) is 15.2. The Morgan fingerprint density at radius 3 is 1.24 bits per heavy atom. The van der Waals surface area contributed by atoms with Crippen LogP contribution in [0.4, 0.5) is 0 Å². The maximum atomic E-state index is 11.9. The first kappa shape index (κ1) is 17.7. The molecule has 2 nitrogen and oxygen atoms in total. The fraction of sp³-hybridized carbons (Fsp3) is 0.833. The fourth-order valence-electron chi connectivity index (χ4n) is 0.868. The summed E-state index contributed by atoms with van der Waals surface area (Å²) < 4.78 is 0.383. The molecule has 0 atom stereocenters. The van der Waals surface area contributed by atoms with E-state index < -0.39 is 26.8 Å². The molecule has 0 heterocycles. The van der Waals surface area contributed by atoms with Crippen molar-refractivity contribution in [3.8, 4) is 0 Å². The molecule has 0 amide bonds. The topological polar surface area (TPSA) is 34.1 Å². The summed E-state index contributed by atoms with van der Waals surface area (Å²) in [6, 6.07) is 0. The van der Waals surface area contributed by atoms with E-state index in [2.05, 4.69) is 0 Å². The summed E-state index contributed by atoms with van der Waals surface area (Å²) in [6.07, 6.45) is 0. The molecule has 102 valence electrons. The molecule has 0 aliphatic carbocycles. The van der Waals surface area contributed by atoms with Crippen LogP contribution in [0.1, 0.15) is 41.5 Å². The Balaban J connectivity index is 4.62. The molecule has 0 spiro atoms. The first-order chi connectivity index (χ1) is 7.26. The molecule has 0 radical (unpaired) electrons.